The van der Waals surface area contributed by atoms with E-state index in [2.05, 4.69) is 10.3 Å². The van der Waals surface area contributed by atoms with Crippen molar-refractivity contribution < 1.29 is 4.79 Å². The Morgan fingerprint density at radius 2 is 1.89 bits per heavy atom. The van der Waals surface area contributed by atoms with E-state index in [1.165, 1.54) is 0 Å². The zero-order chi connectivity index (χ0) is 19.8. The van der Waals surface area contributed by atoms with Crippen LogP contribution in [0.2, 0.25) is 5.02 Å². The fourth-order valence-corrected chi connectivity index (χ4v) is 3.19. The molecule has 6 nitrogen and oxygen atoms in total. The molecule has 0 saturated carbocycles. The summed E-state index contributed by atoms with van der Waals surface area (Å²) in [5, 5.41) is 5.68. The van der Waals surface area contributed by atoms with Crippen molar-refractivity contribution in [1.29, 1.82) is 0 Å². The highest BCUT2D eigenvalue weighted by Crippen LogP contribution is 2.31. The molecule has 28 heavy (non-hydrogen) atoms. The molecule has 0 amide bonds. The Bertz CT molecular complexity index is 1220. The molecule has 7 heteroatoms. The molecule has 0 radical (unpaired) electrons. The quantitative estimate of drug-likeness (QED) is 0.396. The van der Waals surface area contributed by atoms with Crippen molar-refractivity contribution in [2.24, 2.45) is 0 Å². The second-order valence-corrected chi connectivity index (χ2v) is 7.15. The lowest BCUT2D eigenvalue weighted by Crippen LogP contribution is -2.13. The average Bonchev–Trinajstić information content (AvgIpc) is 2.67. The minimum atomic E-state index is -0.00708. The van der Waals surface area contributed by atoms with Gasteiger partial charge in [0.25, 0.3) is 0 Å². The van der Waals surface area contributed by atoms with Gasteiger partial charge in [0.2, 0.25) is 5.95 Å². The number of nitrogens with zero attached hydrogens (tertiary/aromatic N) is 4. The summed E-state index contributed by atoms with van der Waals surface area (Å²) in [4.78, 5) is 27.5. The number of hydrogen-bond acceptors (Lipinski definition) is 6. The van der Waals surface area contributed by atoms with E-state index in [9.17, 15) is 4.79 Å². The number of Topliss-reactive ketones (excluding diaryl/α,β-unsaturated/α-hetero) is 1. The number of nitrogens with one attached hydrogen (secondary N) is 1. The van der Waals surface area contributed by atoms with Crippen LogP contribution >= 0.6 is 11.6 Å². The van der Waals surface area contributed by atoms with Gasteiger partial charge >= 0.3 is 0 Å². The maximum Gasteiger partial charge on any atom is 0.225 e. The van der Waals surface area contributed by atoms with Crippen LogP contribution in [0.25, 0.3) is 21.8 Å². The maximum atomic E-state index is 11.8. The third-order valence-corrected chi connectivity index (χ3v) is 4.65. The van der Waals surface area contributed by atoms with Gasteiger partial charge in [0, 0.05) is 47.3 Å². The fraction of sp³-hybridized carbons (Fsp3) is 0.143. The Labute approximate surface area is 167 Å². The number of hydrogen-bond donors (Lipinski definition) is 1. The summed E-state index contributed by atoms with van der Waals surface area (Å²) < 4.78 is 0. The minimum Gasteiger partial charge on any atom is -0.347 e. The van der Waals surface area contributed by atoms with Gasteiger partial charge in [0.05, 0.1) is 5.52 Å². The molecular formula is C21H18ClN5O. The Hall–Kier alpha value is -3.25. The molecule has 0 bridgehead atoms. The first-order valence-corrected chi connectivity index (χ1v) is 9.11. The van der Waals surface area contributed by atoms with Gasteiger partial charge < -0.3 is 10.2 Å². The van der Waals surface area contributed by atoms with E-state index in [0.717, 1.165) is 16.5 Å². The van der Waals surface area contributed by atoms with Crippen LogP contribution in [0, 0.1) is 0 Å². The molecule has 0 unspecified atom stereocenters. The van der Waals surface area contributed by atoms with Gasteiger partial charge in [-0.2, -0.15) is 0 Å². The predicted molar refractivity (Wildman–Crippen MR) is 114 cm³/mol. The molecule has 0 saturated heterocycles. The van der Waals surface area contributed by atoms with Crippen molar-refractivity contribution in [2.75, 3.05) is 24.3 Å². The van der Waals surface area contributed by atoms with E-state index in [1.807, 2.05) is 49.3 Å². The van der Waals surface area contributed by atoms with Crippen LogP contribution in [0.15, 0.2) is 48.7 Å². The van der Waals surface area contributed by atoms with Crippen molar-refractivity contribution in [2.45, 2.75) is 6.92 Å². The van der Waals surface area contributed by atoms with Crippen LogP contribution < -0.4 is 10.2 Å². The molecule has 0 aliphatic rings. The zero-order valence-corrected chi connectivity index (χ0v) is 16.4. The van der Waals surface area contributed by atoms with Crippen LogP contribution in [0.1, 0.15) is 17.3 Å². The molecule has 2 aromatic heterocycles. The van der Waals surface area contributed by atoms with Crippen LogP contribution in [-0.4, -0.2) is 34.8 Å². The summed E-state index contributed by atoms with van der Waals surface area (Å²) in [6.45, 7) is 1.54. The minimum absolute atomic E-state index is 0.00708. The highest BCUT2D eigenvalue weighted by molar-refractivity contribution is 6.30. The number of rotatable bonds is 4. The molecule has 140 valence electrons. The summed E-state index contributed by atoms with van der Waals surface area (Å²) in [7, 11) is 3.78. The van der Waals surface area contributed by atoms with Gasteiger partial charge in [-0.1, -0.05) is 29.8 Å². The summed E-state index contributed by atoms with van der Waals surface area (Å²) >= 11 is 6.12. The normalized spacial score (nSPS) is 11.0. The number of carbonyl (C=O) groups excluding carboxylic acids is 1. The van der Waals surface area contributed by atoms with E-state index in [0.29, 0.717) is 33.4 Å². The lowest BCUT2D eigenvalue weighted by atomic mass is 10.1. The van der Waals surface area contributed by atoms with E-state index in [-0.39, 0.29) is 5.78 Å². The van der Waals surface area contributed by atoms with Gasteiger partial charge in [-0.05, 0) is 31.2 Å². The van der Waals surface area contributed by atoms with Gasteiger partial charge in [0.15, 0.2) is 11.6 Å². The Balaban J connectivity index is 1.99. The van der Waals surface area contributed by atoms with E-state index in [4.69, 9.17) is 21.6 Å². The van der Waals surface area contributed by atoms with E-state index in [1.54, 1.807) is 25.3 Å². The van der Waals surface area contributed by atoms with Gasteiger partial charge in [-0.3, -0.25) is 4.79 Å². The number of pyridine rings is 1. The smallest absolute Gasteiger partial charge is 0.225 e. The van der Waals surface area contributed by atoms with Crippen LogP contribution in [0.3, 0.4) is 0 Å². The third-order valence-electron chi connectivity index (χ3n) is 4.41. The van der Waals surface area contributed by atoms with Gasteiger partial charge in [0.1, 0.15) is 5.52 Å². The molecule has 2 aromatic carbocycles. The highest BCUT2D eigenvalue weighted by Gasteiger charge is 2.14. The monoisotopic (exact) mass is 391 g/mol. The first-order chi connectivity index (χ1) is 13.4. The predicted octanol–water partition coefficient (Wildman–Crippen LogP) is 4.84. The molecule has 4 aromatic rings. The average molecular weight is 392 g/mol. The topological polar surface area (TPSA) is 71.0 Å². The number of aromatic nitrogens is 3. The third kappa shape index (κ3) is 3.34. The molecule has 0 spiro atoms. The number of anilines is 3. The molecular weight excluding hydrogens is 374 g/mol. The second-order valence-electron chi connectivity index (χ2n) is 6.71. The number of ketones is 1. The van der Waals surface area contributed by atoms with Gasteiger partial charge in [-0.25, -0.2) is 15.0 Å². The van der Waals surface area contributed by atoms with Crippen molar-refractivity contribution in [3.8, 4) is 0 Å². The molecule has 0 aliphatic heterocycles. The number of halogens is 1. The Morgan fingerprint density at radius 3 is 2.61 bits per heavy atom. The molecule has 0 fully saturated rings. The maximum absolute atomic E-state index is 11.8. The Morgan fingerprint density at radius 1 is 1.07 bits per heavy atom. The fourth-order valence-electron chi connectivity index (χ4n) is 3.00. The van der Waals surface area contributed by atoms with Gasteiger partial charge in [-0.15, -0.1) is 0 Å². The standard InChI is InChI=1S/C21H18ClN5O/c1-12(28)13-7-8-16-17-11-23-21(27(2)3)26-19(17)20(25-18(16)9-13)24-15-6-4-5-14(22)10-15/h4-11H,1-3H3,(H,24,25). The van der Waals surface area contributed by atoms with Crippen LogP contribution in [-0.2, 0) is 0 Å². The number of carbonyl (C=O) groups is 1. The first kappa shape index (κ1) is 18.1. The molecule has 0 aliphatic carbocycles. The van der Waals surface area contributed by atoms with Crippen molar-refractivity contribution >= 4 is 56.6 Å². The SMILES string of the molecule is CC(=O)c1ccc2c(c1)nc(Nc1cccc(Cl)c1)c1nc(N(C)C)ncc12. The lowest BCUT2D eigenvalue weighted by molar-refractivity contribution is 0.101. The summed E-state index contributed by atoms with van der Waals surface area (Å²) in [6, 6.07) is 12.9. The largest absolute Gasteiger partial charge is 0.347 e. The van der Waals surface area contributed by atoms with E-state index >= 15 is 0 Å². The second kappa shape index (κ2) is 7.05. The van der Waals surface area contributed by atoms with Crippen LogP contribution in [0.4, 0.5) is 17.5 Å². The summed E-state index contributed by atoms with van der Waals surface area (Å²) in [6.07, 6.45) is 1.79. The first-order valence-electron chi connectivity index (χ1n) is 8.74. The molecule has 0 atom stereocenters. The number of fused-ring (bicyclic) bond motifs is 3. The highest BCUT2D eigenvalue weighted by atomic mass is 35.5. The van der Waals surface area contributed by atoms with Crippen molar-refractivity contribution in [3.63, 3.8) is 0 Å². The Kier molecular flexibility index (Phi) is 4.57. The number of benzene rings is 2. The molecule has 2 heterocycles. The summed E-state index contributed by atoms with van der Waals surface area (Å²) in [5.74, 6) is 1.16. The zero-order valence-electron chi connectivity index (χ0n) is 15.7. The van der Waals surface area contributed by atoms with E-state index < -0.39 is 0 Å². The van der Waals surface area contributed by atoms with Crippen LogP contribution in [0.5, 0.6) is 0 Å². The molecule has 1 N–H and O–H groups in total. The van der Waals surface area contributed by atoms with Crippen molar-refractivity contribution in [3.05, 3.63) is 59.2 Å². The summed E-state index contributed by atoms with van der Waals surface area (Å²) in [5.41, 5.74) is 2.81. The molecule has 4 rings (SSSR count). The van der Waals surface area contributed by atoms with Crippen molar-refractivity contribution in [1.82, 2.24) is 15.0 Å². The lowest BCUT2D eigenvalue weighted by Gasteiger charge is -2.15.